The van der Waals surface area contributed by atoms with E-state index in [9.17, 15) is 9.59 Å². The molecule has 11 heteroatoms. The first-order valence-corrected chi connectivity index (χ1v) is 17.9. The monoisotopic (exact) mass is 679 g/mol. The summed E-state index contributed by atoms with van der Waals surface area (Å²) in [5, 5.41) is 3.23. The molecule has 1 aliphatic carbocycles. The third-order valence-corrected chi connectivity index (χ3v) is 11.1. The molecule has 1 amide bonds. The summed E-state index contributed by atoms with van der Waals surface area (Å²) in [5.41, 5.74) is 7.33. The molecule has 0 unspecified atom stereocenters. The number of ether oxygens (including phenoxy) is 1. The molecule has 10 nitrogen and oxygen atoms in total. The lowest BCUT2D eigenvalue weighted by molar-refractivity contribution is -0.0691. The minimum atomic E-state index is -0.429. The molecule has 4 aliphatic rings. The number of aromatic nitrogens is 3. The molecule has 1 aromatic carbocycles. The smallest absolute Gasteiger partial charge is 0.274 e. The fraction of sp³-hybridized carbons (Fsp3) is 0.462. The fourth-order valence-electron chi connectivity index (χ4n) is 8.48. The Balaban J connectivity index is 1.06. The molecule has 4 aromatic rings. The number of amides is 1. The molecule has 0 bridgehead atoms. The topological polar surface area (TPSA) is 87.9 Å². The number of piperazine rings is 1. The molecular formula is C39H46FN7O3. The predicted octanol–water partition coefficient (Wildman–Crippen LogP) is 5.39. The summed E-state index contributed by atoms with van der Waals surface area (Å²) in [5.74, 6) is 0.0203. The Morgan fingerprint density at radius 2 is 1.86 bits per heavy atom. The Morgan fingerprint density at radius 1 is 1.04 bits per heavy atom. The first-order valence-electron chi connectivity index (χ1n) is 17.9. The molecule has 3 aliphatic heterocycles. The minimum absolute atomic E-state index is 0.101. The maximum Gasteiger partial charge on any atom is 0.274 e. The highest BCUT2D eigenvalue weighted by Crippen LogP contribution is 2.41. The third kappa shape index (κ3) is 5.70. The van der Waals surface area contributed by atoms with E-state index in [1.54, 1.807) is 24.2 Å². The summed E-state index contributed by atoms with van der Waals surface area (Å²) < 4.78 is 24.6. The van der Waals surface area contributed by atoms with E-state index in [4.69, 9.17) is 4.74 Å². The van der Waals surface area contributed by atoms with Crippen LogP contribution in [0.4, 0.5) is 27.3 Å². The second-order valence-corrected chi connectivity index (χ2v) is 15.2. The molecule has 0 radical (unpaired) electrons. The van der Waals surface area contributed by atoms with E-state index in [0.717, 1.165) is 56.9 Å². The zero-order chi connectivity index (χ0) is 34.9. The lowest BCUT2D eigenvalue weighted by atomic mass is 9.90. The second kappa shape index (κ2) is 12.4. The van der Waals surface area contributed by atoms with Crippen LogP contribution in [0.25, 0.3) is 11.1 Å². The lowest BCUT2D eigenvalue weighted by Gasteiger charge is -2.46. The number of carbonyl (C=O) groups excluding carboxylic acids is 1. The third-order valence-electron chi connectivity index (χ3n) is 11.1. The van der Waals surface area contributed by atoms with Gasteiger partial charge in [-0.1, -0.05) is 20.8 Å². The van der Waals surface area contributed by atoms with Crippen LogP contribution in [-0.2, 0) is 37.6 Å². The van der Waals surface area contributed by atoms with Crippen molar-refractivity contribution >= 4 is 28.8 Å². The van der Waals surface area contributed by atoms with E-state index < -0.39 is 5.82 Å². The van der Waals surface area contributed by atoms with Gasteiger partial charge in [-0.05, 0) is 84.7 Å². The quantitative estimate of drug-likeness (QED) is 0.281. The molecule has 3 aromatic heterocycles. The largest absolute Gasteiger partial charge is 0.378 e. The summed E-state index contributed by atoms with van der Waals surface area (Å²) in [7, 11) is 1.69. The first kappa shape index (κ1) is 32.7. The molecule has 2 fully saturated rings. The number of nitrogens with zero attached hydrogens (tertiary/aromatic N) is 6. The van der Waals surface area contributed by atoms with Gasteiger partial charge in [-0.15, -0.1) is 0 Å². The zero-order valence-electron chi connectivity index (χ0n) is 29.6. The summed E-state index contributed by atoms with van der Waals surface area (Å²) in [4.78, 5) is 38.6. The van der Waals surface area contributed by atoms with Crippen LogP contribution >= 0.6 is 0 Å². The Kier molecular flexibility index (Phi) is 8.10. The molecule has 8 rings (SSSR count). The van der Waals surface area contributed by atoms with Gasteiger partial charge in [-0.3, -0.25) is 14.5 Å². The van der Waals surface area contributed by atoms with Crippen molar-refractivity contribution in [3.63, 3.8) is 0 Å². The van der Waals surface area contributed by atoms with Crippen molar-refractivity contribution in [3.8, 4) is 11.1 Å². The Labute approximate surface area is 292 Å². The number of carbonyl (C=O) groups is 1. The molecule has 1 N–H and O–H groups in total. The lowest BCUT2D eigenvalue weighted by Crippen LogP contribution is -2.59. The average Bonchev–Trinajstić information content (AvgIpc) is 3.55. The number of fused-ring (bicyclic) bond motifs is 3. The SMILES string of the molecule is CCc1c(-c2cc(Nc3ccc(N4CCN(C5COC5)C[C@H]4C)cn3)c(=O)n(C)c2)cc(F)cc1N1CCn2c(cc3c2CC(C)(C)C3)C1=O. The number of pyridine rings is 2. The number of aryl methyl sites for hydroxylation is 1. The van der Waals surface area contributed by atoms with E-state index >= 15 is 4.39 Å². The first-order chi connectivity index (χ1) is 24.0. The number of hydrogen-bond acceptors (Lipinski definition) is 7. The number of halogens is 1. The van der Waals surface area contributed by atoms with Crippen molar-refractivity contribution in [2.45, 2.75) is 65.6 Å². The van der Waals surface area contributed by atoms with Gasteiger partial charge in [-0.2, -0.15) is 0 Å². The van der Waals surface area contributed by atoms with Crippen LogP contribution in [0.3, 0.4) is 0 Å². The number of hydrogen-bond donors (Lipinski definition) is 1. The highest BCUT2D eigenvalue weighted by Gasteiger charge is 2.37. The van der Waals surface area contributed by atoms with E-state index in [1.807, 2.05) is 31.3 Å². The summed E-state index contributed by atoms with van der Waals surface area (Å²) >= 11 is 0. The molecule has 50 heavy (non-hydrogen) atoms. The average molecular weight is 680 g/mol. The van der Waals surface area contributed by atoms with Crippen molar-refractivity contribution in [1.29, 1.82) is 0 Å². The molecular weight excluding hydrogens is 633 g/mol. The van der Waals surface area contributed by atoms with Gasteiger partial charge < -0.3 is 29.0 Å². The number of anilines is 4. The Hall–Kier alpha value is -4.48. The zero-order valence-corrected chi connectivity index (χ0v) is 29.6. The normalized spacial score (nSPS) is 20.5. The molecule has 2 saturated heterocycles. The van der Waals surface area contributed by atoms with Crippen molar-refractivity contribution in [2.24, 2.45) is 12.5 Å². The van der Waals surface area contributed by atoms with Gasteiger partial charge in [0.1, 0.15) is 23.0 Å². The van der Waals surface area contributed by atoms with Gasteiger partial charge in [0.25, 0.3) is 11.5 Å². The van der Waals surface area contributed by atoms with E-state index in [0.29, 0.717) is 65.6 Å². The standard InChI is InChI=1S/C39H46FN7O3/c1-6-30-31(15-27(40)16-33(30)47-12-11-46-34(38(47)49)14-25-17-39(3,4)18-35(25)46)26-13-32(37(48)43(5)21-26)42-36-8-7-28(19-41-36)45-10-9-44(20-24(45)2)29-22-50-23-29/h7-8,13-16,19,21,24,29H,6,9-12,17-18,20,22-23H2,1-5H3,(H,41,42)/t24-/m1/s1. The van der Waals surface area contributed by atoms with Gasteiger partial charge in [0.2, 0.25) is 0 Å². The van der Waals surface area contributed by atoms with E-state index in [-0.39, 0.29) is 16.9 Å². The van der Waals surface area contributed by atoms with Crippen LogP contribution in [0, 0.1) is 11.2 Å². The van der Waals surface area contributed by atoms with Crippen molar-refractivity contribution < 1.29 is 13.9 Å². The maximum absolute atomic E-state index is 15.5. The van der Waals surface area contributed by atoms with Gasteiger partial charge >= 0.3 is 0 Å². The summed E-state index contributed by atoms with van der Waals surface area (Å²) in [6.45, 7) is 14.5. The molecule has 0 spiro atoms. The van der Waals surface area contributed by atoms with Gasteiger partial charge in [0.15, 0.2) is 0 Å². The van der Waals surface area contributed by atoms with Crippen molar-refractivity contribution in [1.82, 2.24) is 19.0 Å². The second-order valence-electron chi connectivity index (χ2n) is 15.2. The Morgan fingerprint density at radius 3 is 2.56 bits per heavy atom. The summed E-state index contributed by atoms with van der Waals surface area (Å²) in [6, 6.07) is 11.6. The van der Waals surface area contributed by atoms with Crippen LogP contribution in [-0.4, -0.2) is 76.4 Å². The number of benzene rings is 1. The minimum Gasteiger partial charge on any atom is -0.378 e. The maximum atomic E-state index is 15.5. The van der Waals surface area contributed by atoms with Gasteiger partial charge in [0.05, 0.1) is 36.8 Å². The highest BCUT2D eigenvalue weighted by molar-refractivity contribution is 6.07. The number of nitrogens with one attached hydrogen (secondary N) is 1. The predicted molar refractivity (Wildman–Crippen MR) is 194 cm³/mol. The van der Waals surface area contributed by atoms with Crippen molar-refractivity contribution in [3.05, 3.63) is 87.5 Å². The Bertz CT molecular complexity index is 2030. The van der Waals surface area contributed by atoms with Gasteiger partial charge in [0, 0.05) is 63.3 Å². The van der Waals surface area contributed by atoms with Crippen LogP contribution in [0.1, 0.15) is 55.0 Å². The van der Waals surface area contributed by atoms with Crippen LogP contribution in [0.2, 0.25) is 0 Å². The number of rotatable bonds is 7. The fourth-order valence-corrected chi connectivity index (χ4v) is 8.48. The molecule has 6 heterocycles. The van der Waals surface area contributed by atoms with Crippen LogP contribution < -0.4 is 20.7 Å². The van der Waals surface area contributed by atoms with Crippen LogP contribution in [0.15, 0.2) is 53.6 Å². The van der Waals surface area contributed by atoms with E-state index in [1.165, 1.54) is 28.0 Å². The van der Waals surface area contributed by atoms with Crippen molar-refractivity contribution in [2.75, 3.05) is 54.5 Å². The summed E-state index contributed by atoms with van der Waals surface area (Å²) in [6.07, 6.45) is 6.07. The highest BCUT2D eigenvalue weighted by atomic mass is 19.1. The molecule has 0 saturated carbocycles. The molecule has 262 valence electrons. The van der Waals surface area contributed by atoms with E-state index in [2.05, 4.69) is 45.4 Å². The molecule has 1 atom stereocenters. The van der Waals surface area contributed by atoms with Gasteiger partial charge in [-0.25, -0.2) is 9.37 Å². The van der Waals surface area contributed by atoms with Crippen LogP contribution in [0.5, 0.6) is 0 Å².